The Balaban J connectivity index is 1.62. The van der Waals surface area contributed by atoms with Crippen LogP contribution in [0.5, 0.6) is 5.75 Å². The van der Waals surface area contributed by atoms with E-state index in [0.717, 1.165) is 21.0 Å². The summed E-state index contributed by atoms with van der Waals surface area (Å²) in [4.78, 5) is 29.1. The van der Waals surface area contributed by atoms with Crippen LogP contribution in [0.25, 0.3) is 11.0 Å². The minimum absolute atomic E-state index is 0.235. The fourth-order valence-corrected chi connectivity index (χ4v) is 5.10. The van der Waals surface area contributed by atoms with E-state index in [4.69, 9.17) is 9.15 Å². The van der Waals surface area contributed by atoms with Crippen molar-refractivity contribution in [3.8, 4) is 5.75 Å². The van der Waals surface area contributed by atoms with Crippen LogP contribution in [-0.2, 0) is 10.5 Å². The molecule has 0 saturated carbocycles. The predicted octanol–water partition coefficient (Wildman–Crippen LogP) is 5.71. The fourth-order valence-electron chi connectivity index (χ4n) is 3.22. The lowest BCUT2D eigenvalue weighted by molar-refractivity contribution is -0.114. The summed E-state index contributed by atoms with van der Waals surface area (Å²) in [5.74, 6) is 0.695. The molecule has 0 unspecified atom stereocenters. The summed E-state index contributed by atoms with van der Waals surface area (Å²) >= 11 is 3.15. The van der Waals surface area contributed by atoms with Gasteiger partial charge in [-0.1, -0.05) is 30.0 Å². The molecule has 0 saturated heterocycles. The molecule has 2 N–H and O–H groups in total. The molecule has 2 aromatic carbocycles. The number of carbonyl (C=O) groups excluding carboxylic acids is 2. The molecule has 0 bridgehead atoms. The summed E-state index contributed by atoms with van der Waals surface area (Å²) in [6.07, 6.45) is 0. The van der Waals surface area contributed by atoms with Gasteiger partial charge in [0.2, 0.25) is 5.91 Å². The van der Waals surface area contributed by atoms with Crippen LogP contribution in [-0.4, -0.2) is 23.9 Å². The van der Waals surface area contributed by atoms with Gasteiger partial charge in [0.25, 0.3) is 5.91 Å². The molecule has 0 aliphatic carbocycles. The lowest BCUT2D eigenvalue weighted by Gasteiger charge is -2.12. The highest BCUT2D eigenvalue weighted by Gasteiger charge is 2.21. The second-order valence-electron chi connectivity index (χ2n) is 7.00. The van der Waals surface area contributed by atoms with Crippen molar-refractivity contribution in [1.29, 1.82) is 0 Å². The Morgan fingerprint density at radius 2 is 2.00 bits per heavy atom. The Hall–Kier alpha value is -3.30. The first-order valence-electron chi connectivity index (χ1n) is 9.77. The molecule has 9 heteroatoms. The van der Waals surface area contributed by atoms with E-state index in [9.17, 15) is 9.59 Å². The average Bonchev–Trinajstić information content (AvgIpc) is 3.35. The van der Waals surface area contributed by atoms with Crippen LogP contribution in [0.15, 0.2) is 56.6 Å². The number of aryl methyl sites for hydroxylation is 1. The molecule has 4 aromatic rings. The third kappa shape index (κ3) is 4.79. The second-order valence-corrected chi connectivity index (χ2v) is 9.08. The van der Waals surface area contributed by atoms with Gasteiger partial charge in [0.1, 0.15) is 15.7 Å². The first-order chi connectivity index (χ1) is 15.4. The fraction of sp³-hybridized carbons (Fsp3) is 0.174. The van der Waals surface area contributed by atoms with Crippen molar-refractivity contribution < 1.29 is 18.7 Å². The molecule has 2 amide bonds. The van der Waals surface area contributed by atoms with Crippen LogP contribution < -0.4 is 15.4 Å². The van der Waals surface area contributed by atoms with Crippen molar-refractivity contribution in [3.05, 3.63) is 64.9 Å². The number of benzene rings is 2. The van der Waals surface area contributed by atoms with Gasteiger partial charge < -0.3 is 19.8 Å². The summed E-state index contributed by atoms with van der Waals surface area (Å²) in [5, 5.41) is 8.46. The van der Waals surface area contributed by atoms with Crippen LogP contribution in [0.3, 0.4) is 0 Å². The van der Waals surface area contributed by atoms with Gasteiger partial charge in [-0.05, 0) is 31.2 Å². The van der Waals surface area contributed by atoms with E-state index in [0.29, 0.717) is 28.5 Å². The van der Waals surface area contributed by atoms with Gasteiger partial charge in [-0.3, -0.25) is 9.59 Å². The van der Waals surface area contributed by atoms with E-state index < -0.39 is 0 Å². The number of hydrogen-bond donors (Lipinski definition) is 2. The third-order valence-corrected chi connectivity index (χ3v) is 6.78. The van der Waals surface area contributed by atoms with Crippen LogP contribution >= 0.6 is 23.1 Å². The number of amides is 2. The number of thioether (sulfide) groups is 1. The Kier molecular flexibility index (Phi) is 6.48. The van der Waals surface area contributed by atoms with Crippen molar-refractivity contribution in [2.45, 2.75) is 23.9 Å². The van der Waals surface area contributed by atoms with Crippen molar-refractivity contribution in [2.75, 3.05) is 17.7 Å². The molecule has 0 atom stereocenters. The molecule has 0 aliphatic rings. The number of aromatic nitrogens is 1. The van der Waals surface area contributed by atoms with Crippen molar-refractivity contribution in [2.24, 2.45) is 0 Å². The molecule has 2 heterocycles. The minimum Gasteiger partial charge on any atom is -0.495 e. The Morgan fingerprint density at radius 3 is 2.72 bits per heavy atom. The number of para-hydroxylation sites is 1. The zero-order chi connectivity index (χ0) is 22.7. The number of thiazole rings is 1. The zero-order valence-corrected chi connectivity index (χ0v) is 19.4. The van der Waals surface area contributed by atoms with Crippen molar-refractivity contribution in [1.82, 2.24) is 4.98 Å². The number of nitrogens with zero attached hydrogens (tertiary/aromatic N) is 1. The van der Waals surface area contributed by atoms with Gasteiger partial charge in [0.15, 0.2) is 5.76 Å². The first-order valence-corrected chi connectivity index (χ1v) is 11.6. The SMILES string of the molecule is COc1ccc(NC(=O)c2oc3ccccc3c2CSc2nc(C)cs2)cc1NC(C)=O. The van der Waals surface area contributed by atoms with Crippen LogP contribution in [0.2, 0.25) is 0 Å². The second kappa shape index (κ2) is 9.46. The van der Waals surface area contributed by atoms with Crippen molar-refractivity contribution >= 4 is 57.3 Å². The number of nitrogens with one attached hydrogen (secondary N) is 2. The average molecular weight is 468 g/mol. The number of ether oxygens (including phenoxy) is 1. The molecule has 0 radical (unpaired) electrons. The molecule has 0 spiro atoms. The highest BCUT2D eigenvalue weighted by atomic mass is 32.2. The van der Waals surface area contributed by atoms with E-state index in [-0.39, 0.29) is 17.6 Å². The third-order valence-electron chi connectivity index (χ3n) is 4.61. The van der Waals surface area contributed by atoms with Gasteiger partial charge in [-0.25, -0.2) is 4.98 Å². The topological polar surface area (TPSA) is 93.5 Å². The smallest absolute Gasteiger partial charge is 0.291 e. The molecule has 0 aliphatic heterocycles. The number of fused-ring (bicyclic) bond motifs is 1. The molecule has 0 fully saturated rings. The van der Waals surface area contributed by atoms with Gasteiger partial charge in [-0.2, -0.15) is 0 Å². The predicted molar refractivity (Wildman–Crippen MR) is 128 cm³/mol. The number of hydrogen-bond acceptors (Lipinski definition) is 7. The lowest BCUT2D eigenvalue weighted by atomic mass is 10.1. The molecule has 2 aromatic heterocycles. The van der Waals surface area contributed by atoms with Gasteiger partial charge >= 0.3 is 0 Å². The molecular weight excluding hydrogens is 446 g/mol. The largest absolute Gasteiger partial charge is 0.495 e. The maximum atomic E-state index is 13.2. The summed E-state index contributed by atoms with van der Waals surface area (Å²) in [5.41, 5.74) is 3.41. The van der Waals surface area contributed by atoms with E-state index in [1.807, 2.05) is 36.6 Å². The monoisotopic (exact) mass is 467 g/mol. The highest BCUT2D eigenvalue weighted by Crippen LogP contribution is 2.34. The molecule has 7 nitrogen and oxygen atoms in total. The number of methoxy groups -OCH3 is 1. The summed E-state index contributed by atoms with van der Waals surface area (Å²) in [6.45, 7) is 3.36. The number of carbonyl (C=O) groups is 2. The maximum absolute atomic E-state index is 13.2. The Bertz CT molecular complexity index is 1300. The van der Waals surface area contributed by atoms with E-state index in [1.165, 1.54) is 14.0 Å². The molecular formula is C23H21N3O4S2. The Labute approximate surface area is 193 Å². The normalized spacial score (nSPS) is 10.8. The quantitative estimate of drug-likeness (QED) is 0.338. The molecule has 164 valence electrons. The van der Waals surface area contributed by atoms with Crippen molar-refractivity contribution in [3.63, 3.8) is 0 Å². The number of rotatable bonds is 7. The van der Waals surface area contributed by atoms with E-state index in [1.54, 1.807) is 41.3 Å². The number of anilines is 2. The maximum Gasteiger partial charge on any atom is 0.291 e. The standard InChI is InChI=1S/C23H21N3O4S2/c1-13-11-31-23(24-13)32-12-17-16-6-4-5-7-19(16)30-21(17)22(28)26-15-8-9-20(29-3)18(10-15)25-14(2)27/h4-11H,12H2,1-3H3,(H,25,27)(H,26,28). The van der Waals surface area contributed by atoms with E-state index >= 15 is 0 Å². The van der Waals surface area contributed by atoms with E-state index in [2.05, 4.69) is 15.6 Å². The summed E-state index contributed by atoms with van der Waals surface area (Å²) in [6, 6.07) is 12.6. The lowest BCUT2D eigenvalue weighted by Crippen LogP contribution is -2.14. The first kappa shape index (κ1) is 21.9. The van der Waals surface area contributed by atoms with Crippen LogP contribution in [0.4, 0.5) is 11.4 Å². The van der Waals surface area contributed by atoms with Crippen LogP contribution in [0, 0.1) is 6.92 Å². The summed E-state index contributed by atoms with van der Waals surface area (Å²) < 4.78 is 12.1. The molecule has 4 rings (SSSR count). The van der Waals surface area contributed by atoms with Gasteiger partial charge in [0.05, 0.1) is 12.8 Å². The highest BCUT2D eigenvalue weighted by molar-refractivity contribution is 8.00. The van der Waals surface area contributed by atoms with Crippen LogP contribution in [0.1, 0.15) is 28.7 Å². The van der Waals surface area contributed by atoms with Gasteiger partial charge in [0, 0.05) is 40.4 Å². The molecule has 32 heavy (non-hydrogen) atoms. The summed E-state index contributed by atoms with van der Waals surface area (Å²) in [7, 11) is 1.52. The minimum atomic E-state index is -0.369. The number of furan rings is 1. The van der Waals surface area contributed by atoms with Gasteiger partial charge in [-0.15, -0.1) is 11.3 Å². The Morgan fingerprint density at radius 1 is 1.19 bits per heavy atom. The zero-order valence-electron chi connectivity index (χ0n) is 17.7.